The minimum atomic E-state index is -0.310. The Hall–Kier alpha value is -0.760. The van der Waals surface area contributed by atoms with Crippen molar-refractivity contribution in [1.29, 1.82) is 0 Å². The Morgan fingerprint density at radius 1 is 1.46 bits per heavy atom. The Kier molecular flexibility index (Phi) is 4.03. The summed E-state index contributed by atoms with van der Waals surface area (Å²) in [4.78, 5) is 0. The van der Waals surface area contributed by atoms with Gasteiger partial charge < -0.3 is 4.74 Å². The summed E-state index contributed by atoms with van der Waals surface area (Å²) >= 11 is 5.80. The van der Waals surface area contributed by atoms with Crippen molar-refractivity contribution in [3.63, 3.8) is 0 Å². The molecule has 0 aliphatic heterocycles. The second-order valence-corrected chi connectivity index (χ2v) is 3.19. The smallest absolute Gasteiger partial charge is 0.122 e. The van der Waals surface area contributed by atoms with Crippen LogP contribution in [0.2, 0.25) is 5.02 Å². The van der Waals surface area contributed by atoms with Crippen LogP contribution >= 0.6 is 11.6 Å². The van der Waals surface area contributed by atoms with Crippen LogP contribution in [0, 0.1) is 0 Å². The van der Waals surface area contributed by atoms with Gasteiger partial charge in [0.15, 0.2) is 0 Å². The third-order valence-corrected chi connectivity index (χ3v) is 2.06. The summed E-state index contributed by atoms with van der Waals surface area (Å²) in [6, 6.07) is 5.38. The van der Waals surface area contributed by atoms with Gasteiger partial charge in [-0.3, -0.25) is 4.39 Å². The minimum absolute atomic E-state index is 0.310. The summed E-state index contributed by atoms with van der Waals surface area (Å²) in [6.07, 6.45) is 1.18. The molecule has 0 saturated heterocycles. The molecule has 0 unspecified atom stereocenters. The second-order valence-electron chi connectivity index (χ2n) is 2.75. The molecule has 0 radical (unpaired) electrons. The van der Waals surface area contributed by atoms with Crippen LogP contribution in [-0.4, -0.2) is 13.8 Å². The second kappa shape index (κ2) is 5.07. The van der Waals surface area contributed by atoms with Gasteiger partial charge in [-0.2, -0.15) is 0 Å². The van der Waals surface area contributed by atoms with Gasteiger partial charge in [0, 0.05) is 5.02 Å². The zero-order valence-corrected chi connectivity index (χ0v) is 8.27. The first-order valence-electron chi connectivity index (χ1n) is 4.16. The van der Waals surface area contributed by atoms with E-state index >= 15 is 0 Å². The van der Waals surface area contributed by atoms with Gasteiger partial charge in [0.05, 0.1) is 13.8 Å². The fourth-order valence-electron chi connectivity index (χ4n) is 1.20. The number of hydrogen-bond donors (Lipinski definition) is 0. The summed E-state index contributed by atoms with van der Waals surface area (Å²) < 4.78 is 17.1. The molecule has 1 aromatic rings. The highest BCUT2D eigenvalue weighted by Gasteiger charge is 2.02. The van der Waals surface area contributed by atoms with Crippen molar-refractivity contribution in [3.8, 4) is 5.75 Å². The average Bonchev–Trinajstić information content (AvgIpc) is 2.15. The molecular formula is C10H12ClFO. The van der Waals surface area contributed by atoms with Gasteiger partial charge in [0.2, 0.25) is 0 Å². The molecule has 72 valence electrons. The van der Waals surface area contributed by atoms with Crippen molar-refractivity contribution in [1.82, 2.24) is 0 Å². The van der Waals surface area contributed by atoms with Crippen molar-refractivity contribution < 1.29 is 9.13 Å². The highest BCUT2D eigenvalue weighted by atomic mass is 35.5. The zero-order valence-electron chi connectivity index (χ0n) is 7.52. The molecule has 0 aromatic heterocycles. The minimum Gasteiger partial charge on any atom is -0.496 e. The lowest BCUT2D eigenvalue weighted by Gasteiger charge is -2.07. The Morgan fingerprint density at radius 3 is 2.85 bits per heavy atom. The summed E-state index contributed by atoms with van der Waals surface area (Å²) in [5.41, 5.74) is 0.965. The molecule has 0 saturated carbocycles. The van der Waals surface area contributed by atoms with Crippen LogP contribution in [0.5, 0.6) is 5.75 Å². The number of rotatable bonds is 4. The third kappa shape index (κ3) is 2.88. The van der Waals surface area contributed by atoms with E-state index in [2.05, 4.69) is 0 Å². The van der Waals surface area contributed by atoms with Crippen LogP contribution in [0.4, 0.5) is 4.39 Å². The average molecular weight is 203 g/mol. The predicted octanol–water partition coefficient (Wildman–Crippen LogP) is 3.25. The Labute approximate surface area is 82.5 Å². The molecule has 1 aromatic carbocycles. The number of hydrogen-bond acceptors (Lipinski definition) is 1. The molecule has 0 aliphatic carbocycles. The number of aryl methyl sites for hydroxylation is 1. The first-order valence-corrected chi connectivity index (χ1v) is 4.54. The van der Waals surface area contributed by atoms with Gasteiger partial charge in [0.1, 0.15) is 5.75 Å². The van der Waals surface area contributed by atoms with E-state index in [1.54, 1.807) is 19.2 Å². The fraction of sp³-hybridized carbons (Fsp3) is 0.400. The topological polar surface area (TPSA) is 9.23 Å². The van der Waals surface area contributed by atoms with E-state index in [1.807, 2.05) is 6.07 Å². The molecule has 1 nitrogen and oxygen atoms in total. The first-order chi connectivity index (χ1) is 6.27. The Bertz CT molecular complexity index is 276. The molecule has 0 atom stereocenters. The number of alkyl halides is 1. The van der Waals surface area contributed by atoms with Crippen LogP contribution in [0.15, 0.2) is 18.2 Å². The van der Waals surface area contributed by atoms with Crippen molar-refractivity contribution >= 4 is 11.6 Å². The predicted molar refractivity (Wildman–Crippen MR) is 52.3 cm³/mol. The third-order valence-electron chi connectivity index (χ3n) is 1.82. The lowest BCUT2D eigenvalue weighted by Crippen LogP contribution is -1.93. The Balaban J connectivity index is 2.81. The number of methoxy groups -OCH3 is 1. The monoisotopic (exact) mass is 202 g/mol. The first kappa shape index (κ1) is 10.3. The SMILES string of the molecule is COc1ccc(Cl)cc1CCCF. The quantitative estimate of drug-likeness (QED) is 0.729. The van der Waals surface area contributed by atoms with Crippen LogP contribution in [-0.2, 0) is 6.42 Å². The van der Waals surface area contributed by atoms with Crippen molar-refractivity contribution in [2.24, 2.45) is 0 Å². The number of benzene rings is 1. The lowest BCUT2D eigenvalue weighted by atomic mass is 10.1. The van der Waals surface area contributed by atoms with Gasteiger partial charge in [-0.05, 0) is 36.6 Å². The van der Waals surface area contributed by atoms with Crippen molar-refractivity contribution in [2.45, 2.75) is 12.8 Å². The standard InChI is InChI=1S/C10H12ClFO/c1-13-10-5-4-9(11)7-8(10)3-2-6-12/h4-5,7H,2-3,6H2,1H3. The van der Waals surface area contributed by atoms with Crippen LogP contribution in [0.3, 0.4) is 0 Å². The molecule has 1 rings (SSSR count). The van der Waals surface area contributed by atoms with E-state index in [0.29, 0.717) is 17.9 Å². The van der Waals surface area contributed by atoms with Gasteiger partial charge in [-0.15, -0.1) is 0 Å². The highest BCUT2D eigenvalue weighted by molar-refractivity contribution is 6.30. The fourth-order valence-corrected chi connectivity index (χ4v) is 1.39. The normalized spacial score (nSPS) is 10.1. The molecule has 0 amide bonds. The van der Waals surface area contributed by atoms with Gasteiger partial charge in [0.25, 0.3) is 0 Å². The molecule has 0 heterocycles. The molecule has 13 heavy (non-hydrogen) atoms. The van der Waals surface area contributed by atoms with Crippen molar-refractivity contribution in [2.75, 3.05) is 13.8 Å². The molecule has 0 fully saturated rings. The van der Waals surface area contributed by atoms with Gasteiger partial charge in [-0.1, -0.05) is 11.6 Å². The largest absolute Gasteiger partial charge is 0.496 e. The van der Waals surface area contributed by atoms with E-state index < -0.39 is 0 Å². The van der Waals surface area contributed by atoms with E-state index in [1.165, 1.54) is 0 Å². The van der Waals surface area contributed by atoms with E-state index in [9.17, 15) is 4.39 Å². The molecule has 3 heteroatoms. The molecule has 0 spiro atoms. The van der Waals surface area contributed by atoms with E-state index in [4.69, 9.17) is 16.3 Å². The molecule has 0 aliphatic rings. The highest BCUT2D eigenvalue weighted by Crippen LogP contribution is 2.23. The summed E-state index contributed by atoms with van der Waals surface area (Å²) in [5.74, 6) is 0.776. The maximum Gasteiger partial charge on any atom is 0.122 e. The van der Waals surface area contributed by atoms with Crippen LogP contribution in [0.25, 0.3) is 0 Å². The zero-order chi connectivity index (χ0) is 9.68. The Morgan fingerprint density at radius 2 is 2.23 bits per heavy atom. The van der Waals surface area contributed by atoms with E-state index in [0.717, 1.165) is 11.3 Å². The summed E-state index contributed by atoms with van der Waals surface area (Å²) in [5, 5.41) is 0.662. The molecule has 0 bridgehead atoms. The number of halogens is 2. The van der Waals surface area contributed by atoms with Crippen molar-refractivity contribution in [3.05, 3.63) is 28.8 Å². The molecule has 0 N–H and O–H groups in total. The van der Waals surface area contributed by atoms with Crippen LogP contribution < -0.4 is 4.74 Å². The lowest BCUT2D eigenvalue weighted by molar-refractivity contribution is 0.406. The summed E-state index contributed by atoms with van der Waals surface area (Å²) in [7, 11) is 1.60. The maximum absolute atomic E-state index is 11.9. The van der Waals surface area contributed by atoms with Crippen LogP contribution in [0.1, 0.15) is 12.0 Å². The number of ether oxygens (including phenoxy) is 1. The van der Waals surface area contributed by atoms with Gasteiger partial charge >= 0.3 is 0 Å². The maximum atomic E-state index is 11.9. The van der Waals surface area contributed by atoms with Gasteiger partial charge in [-0.25, -0.2) is 0 Å². The molecular weight excluding hydrogens is 191 g/mol. The summed E-state index contributed by atoms with van der Waals surface area (Å²) in [6.45, 7) is -0.310. The van der Waals surface area contributed by atoms with E-state index in [-0.39, 0.29) is 6.67 Å².